The minimum atomic E-state index is -0.664. The average molecular weight is 262 g/mol. The van der Waals surface area contributed by atoms with Gasteiger partial charge in [0, 0.05) is 19.3 Å². The average Bonchev–Trinajstić information content (AvgIpc) is 2.77. The number of pyridine rings is 1. The predicted molar refractivity (Wildman–Crippen MR) is 73.8 cm³/mol. The number of aromatic nitrogens is 1. The van der Waals surface area contributed by atoms with E-state index in [1.165, 1.54) is 5.56 Å². The molecule has 0 spiro atoms. The summed E-state index contributed by atoms with van der Waals surface area (Å²) in [4.78, 5) is 18.2. The highest BCUT2D eigenvalue weighted by Crippen LogP contribution is 2.38. The van der Waals surface area contributed by atoms with Gasteiger partial charge in [0.1, 0.15) is 0 Å². The molecule has 1 aliphatic rings. The van der Waals surface area contributed by atoms with Crippen molar-refractivity contribution in [1.82, 2.24) is 9.88 Å². The second-order valence-corrected chi connectivity index (χ2v) is 5.84. The third-order valence-electron chi connectivity index (χ3n) is 4.40. The Morgan fingerprint density at radius 3 is 2.84 bits per heavy atom. The van der Waals surface area contributed by atoms with Gasteiger partial charge in [-0.1, -0.05) is 19.9 Å². The number of rotatable bonds is 4. The van der Waals surface area contributed by atoms with Crippen LogP contribution in [0.2, 0.25) is 0 Å². The van der Waals surface area contributed by atoms with Gasteiger partial charge in [0.2, 0.25) is 0 Å². The summed E-state index contributed by atoms with van der Waals surface area (Å²) < 4.78 is 0. The van der Waals surface area contributed by atoms with E-state index >= 15 is 0 Å². The number of nitrogens with zero attached hydrogens (tertiary/aromatic N) is 2. The molecule has 0 bridgehead atoms. The van der Waals surface area contributed by atoms with Crippen molar-refractivity contribution in [2.75, 3.05) is 13.1 Å². The fourth-order valence-corrected chi connectivity index (χ4v) is 2.84. The maximum absolute atomic E-state index is 11.6. The first-order valence-corrected chi connectivity index (χ1v) is 6.82. The molecule has 1 N–H and O–H groups in total. The van der Waals surface area contributed by atoms with Crippen LogP contribution in [0.15, 0.2) is 18.3 Å². The zero-order chi connectivity index (χ0) is 14.0. The van der Waals surface area contributed by atoms with Crippen molar-refractivity contribution in [2.24, 2.45) is 11.3 Å². The van der Waals surface area contributed by atoms with E-state index in [1.54, 1.807) is 6.20 Å². The van der Waals surface area contributed by atoms with Crippen LogP contribution in [0.4, 0.5) is 0 Å². The van der Waals surface area contributed by atoms with Crippen molar-refractivity contribution in [2.45, 2.75) is 33.7 Å². The summed E-state index contributed by atoms with van der Waals surface area (Å²) in [6, 6.07) is 3.98. The summed E-state index contributed by atoms with van der Waals surface area (Å²) in [5.74, 6) is -0.512. The Morgan fingerprint density at radius 2 is 2.32 bits per heavy atom. The third kappa shape index (κ3) is 2.63. The van der Waals surface area contributed by atoms with Gasteiger partial charge in [-0.2, -0.15) is 0 Å². The Labute approximate surface area is 114 Å². The topological polar surface area (TPSA) is 53.4 Å². The largest absolute Gasteiger partial charge is 0.481 e. The molecule has 1 aromatic rings. The van der Waals surface area contributed by atoms with Crippen LogP contribution >= 0.6 is 0 Å². The van der Waals surface area contributed by atoms with Crippen LogP contribution in [0.3, 0.4) is 0 Å². The van der Waals surface area contributed by atoms with Crippen LogP contribution < -0.4 is 0 Å². The van der Waals surface area contributed by atoms with Crippen LogP contribution in [0.1, 0.15) is 31.5 Å². The molecule has 1 unspecified atom stereocenters. The lowest BCUT2D eigenvalue weighted by Crippen LogP contribution is -2.39. The molecule has 0 saturated carbocycles. The van der Waals surface area contributed by atoms with Gasteiger partial charge < -0.3 is 5.11 Å². The molecule has 1 aliphatic heterocycles. The van der Waals surface area contributed by atoms with Gasteiger partial charge in [0.15, 0.2) is 0 Å². The van der Waals surface area contributed by atoms with E-state index < -0.39 is 11.4 Å². The fraction of sp³-hybridized carbons (Fsp3) is 0.600. The number of carbonyl (C=O) groups is 1. The Kier molecular flexibility index (Phi) is 3.90. The van der Waals surface area contributed by atoms with Gasteiger partial charge in [-0.25, -0.2) is 0 Å². The lowest BCUT2D eigenvalue weighted by molar-refractivity contribution is -0.151. The molecule has 4 nitrogen and oxygen atoms in total. The van der Waals surface area contributed by atoms with Crippen molar-refractivity contribution < 1.29 is 9.90 Å². The first kappa shape index (κ1) is 14.0. The molecule has 0 aromatic carbocycles. The summed E-state index contributed by atoms with van der Waals surface area (Å²) >= 11 is 0. The Balaban J connectivity index is 2.10. The zero-order valence-corrected chi connectivity index (χ0v) is 11.9. The van der Waals surface area contributed by atoms with E-state index in [0.717, 1.165) is 25.2 Å². The monoisotopic (exact) mass is 262 g/mol. The molecule has 1 fully saturated rings. The van der Waals surface area contributed by atoms with Crippen LogP contribution in [0.25, 0.3) is 0 Å². The maximum Gasteiger partial charge on any atom is 0.311 e. The highest BCUT2D eigenvalue weighted by Gasteiger charge is 2.47. The number of carboxylic acids is 1. The summed E-state index contributed by atoms with van der Waals surface area (Å²) in [5.41, 5.74) is 1.62. The standard InChI is InChI=1S/C15H22N2O2/c1-11(2)15(14(18)19)6-8-17(10-15)9-13-12(3)5-4-7-16-13/h4-5,7,11H,6,8-10H2,1-3H3,(H,18,19). The summed E-state index contributed by atoms with van der Waals surface area (Å²) in [7, 11) is 0. The van der Waals surface area contributed by atoms with E-state index in [9.17, 15) is 9.90 Å². The molecular formula is C15H22N2O2. The van der Waals surface area contributed by atoms with Crippen molar-refractivity contribution in [3.05, 3.63) is 29.6 Å². The third-order valence-corrected chi connectivity index (χ3v) is 4.40. The van der Waals surface area contributed by atoms with E-state index in [2.05, 4.69) is 9.88 Å². The van der Waals surface area contributed by atoms with Crippen LogP contribution in [-0.4, -0.2) is 34.0 Å². The van der Waals surface area contributed by atoms with Crippen molar-refractivity contribution in [1.29, 1.82) is 0 Å². The van der Waals surface area contributed by atoms with Gasteiger partial charge in [0.05, 0.1) is 11.1 Å². The maximum atomic E-state index is 11.6. The Hall–Kier alpha value is -1.42. The molecule has 1 aromatic heterocycles. The fourth-order valence-electron chi connectivity index (χ4n) is 2.84. The quantitative estimate of drug-likeness (QED) is 0.904. The molecule has 2 rings (SSSR count). The number of aliphatic carboxylic acids is 1. The lowest BCUT2D eigenvalue weighted by Gasteiger charge is -2.28. The number of aryl methyl sites for hydroxylation is 1. The summed E-state index contributed by atoms with van der Waals surface area (Å²) in [6.07, 6.45) is 2.52. The molecule has 2 heterocycles. The molecule has 1 atom stereocenters. The van der Waals surface area contributed by atoms with Gasteiger partial charge in [-0.15, -0.1) is 0 Å². The first-order chi connectivity index (χ1) is 8.95. The van der Waals surface area contributed by atoms with Gasteiger partial charge in [0.25, 0.3) is 0 Å². The summed E-state index contributed by atoms with van der Waals surface area (Å²) in [5, 5.41) is 9.53. The highest BCUT2D eigenvalue weighted by atomic mass is 16.4. The lowest BCUT2D eigenvalue weighted by atomic mass is 9.76. The first-order valence-electron chi connectivity index (χ1n) is 6.82. The molecule has 0 aliphatic carbocycles. The van der Waals surface area contributed by atoms with Crippen molar-refractivity contribution in [3.8, 4) is 0 Å². The molecule has 0 amide bonds. The molecular weight excluding hydrogens is 240 g/mol. The molecule has 0 radical (unpaired) electrons. The second-order valence-electron chi connectivity index (χ2n) is 5.84. The minimum Gasteiger partial charge on any atom is -0.481 e. The van der Waals surface area contributed by atoms with E-state index in [-0.39, 0.29) is 5.92 Å². The smallest absolute Gasteiger partial charge is 0.311 e. The number of likely N-dealkylation sites (tertiary alicyclic amines) is 1. The van der Waals surface area contributed by atoms with E-state index in [1.807, 2.05) is 32.9 Å². The van der Waals surface area contributed by atoms with Crippen molar-refractivity contribution in [3.63, 3.8) is 0 Å². The van der Waals surface area contributed by atoms with Gasteiger partial charge >= 0.3 is 5.97 Å². The zero-order valence-electron chi connectivity index (χ0n) is 11.9. The van der Waals surface area contributed by atoms with E-state index in [0.29, 0.717) is 6.54 Å². The van der Waals surface area contributed by atoms with Crippen LogP contribution in [0.5, 0.6) is 0 Å². The Bertz CT molecular complexity index is 473. The second kappa shape index (κ2) is 5.29. The SMILES string of the molecule is Cc1cccnc1CN1CCC(C(=O)O)(C(C)C)C1. The van der Waals surface area contributed by atoms with Crippen LogP contribution in [0, 0.1) is 18.3 Å². The summed E-state index contributed by atoms with van der Waals surface area (Å²) in [6.45, 7) is 8.25. The number of hydrogen-bond donors (Lipinski definition) is 1. The van der Waals surface area contributed by atoms with Gasteiger partial charge in [-0.05, 0) is 37.4 Å². The predicted octanol–water partition coefficient (Wildman–Crippen LogP) is 2.32. The Morgan fingerprint density at radius 1 is 1.58 bits per heavy atom. The van der Waals surface area contributed by atoms with E-state index in [4.69, 9.17) is 0 Å². The van der Waals surface area contributed by atoms with Gasteiger partial charge in [-0.3, -0.25) is 14.7 Å². The van der Waals surface area contributed by atoms with Crippen molar-refractivity contribution >= 4 is 5.97 Å². The molecule has 4 heteroatoms. The number of carboxylic acid groups (broad SMARTS) is 1. The number of hydrogen-bond acceptors (Lipinski definition) is 3. The van der Waals surface area contributed by atoms with Crippen LogP contribution in [-0.2, 0) is 11.3 Å². The normalized spacial score (nSPS) is 24.0. The minimum absolute atomic E-state index is 0.153. The highest BCUT2D eigenvalue weighted by molar-refractivity contribution is 5.75. The molecule has 1 saturated heterocycles. The molecule has 19 heavy (non-hydrogen) atoms. The molecule has 104 valence electrons.